The summed E-state index contributed by atoms with van der Waals surface area (Å²) in [7, 11) is 0. The summed E-state index contributed by atoms with van der Waals surface area (Å²) in [5.41, 5.74) is 0. The third-order valence-electron chi connectivity index (χ3n) is 5.06. The predicted molar refractivity (Wildman–Crippen MR) is 50.8 cm³/mol. The molecule has 4 unspecified atom stereocenters. The Morgan fingerprint density at radius 2 is 1.50 bits per heavy atom. The summed E-state index contributed by atoms with van der Waals surface area (Å²) in [4.78, 5) is 0. The standard InChI is InChI=1S/C12H20/c1-2-8-5-11-9-3-4-10(7-9)12(11)6-8/h8-12H,2-7H2,1H3. The van der Waals surface area contributed by atoms with E-state index < -0.39 is 0 Å². The summed E-state index contributed by atoms with van der Waals surface area (Å²) >= 11 is 0. The van der Waals surface area contributed by atoms with Crippen LogP contribution in [0.25, 0.3) is 0 Å². The van der Waals surface area contributed by atoms with Gasteiger partial charge < -0.3 is 0 Å². The van der Waals surface area contributed by atoms with Gasteiger partial charge in [-0.05, 0) is 61.7 Å². The Morgan fingerprint density at radius 3 is 2.00 bits per heavy atom. The summed E-state index contributed by atoms with van der Waals surface area (Å²) in [6.07, 6.45) is 9.44. The van der Waals surface area contributed by atoms with Gasteiger partial charge in [-0.2, -0.15) is 0 Å². The van der Waals surface area contributed by atoms with Gasteiger partial charge in [0.1, 0.15) is 0 Å². The molecule has 0 heteroatoms. The van der Waals surface area contributed by atoms with Crippen LogP contribution in [0.2, 0.25) is 0 Å². The second kappa shape index (κ2) is 2.49. The highest BCUT2D eigenvalue weighted by Crippen LogP contribution is 2.60. The summed E-state index contributed by atoms with van der Waals surface area (Å²) in [5, 5.41) is 0. The molecular weight excluding hydrogens is 144 g/mol. The first-order chi connectivity index (χ1) is 5.88. The Morgan fingerprint density at radius 1 is 0.917 bits per heavy atom. The Kier molecular flexibility index (Phi) is 1.54. The monoisotopic (exact) mass is 164 g/mol. The van der Waals surface area contributed by atoms with Gasteiger partial charge in [0.2, 0.25) is 0 Å². The molecule has 0 saturated heterocycles. The van der Waals surface area contributed by atoms with E-state index in [-0.39, 0.29) is 0 Å². The molecule has 3 fully saturated rings. The smallest absolute Gasteiger partial charge is 0.0352 e. The SMILES string of the molecule is CCC1CC2C3CCC(C3)C2C1. The number of hydrogen-bond acceptors (Lipinski definition) is 0. The van der Waals surface area contributed by atoms with Crippen LogP contribution in [0.15, 0.2) is 0 Å². The molecule has 3 aliphatic carbocycles. The summed E-state index contributed by atoms with van der Waals surface area (Å²) in [5.74, 6) is 5.85. The molecule has 0 aromatic rings. The fourth-order valence-electron chi connectivity index (χ4n) is 4.46. The average Bonchev–Trinajstić information content (AvgIpc) is 2.75. The molecule has 4 atom stereocenters. The fraction of sp³-hybridized carbons (Fsp3) is 1.00. The normalized spacial score (nSPS) is 56.2. The van der Waals surface area contributed by atoms with E-state index in [0.29, 0.717) is 0 Å². The molecule has 0 aliphatic heterocycles. The van der Waals surface area contributed by atoms with E-state index in [0.717, 1.165) is 5.92 Å². The zero-order valence-electron chi connectivity index (χ0n) is 8.13. The van der Waals surface area contributed by atoms with E-state index in [2.05, 4.69) is 6.92 Å². The van der Waals surface area contributed by atoms with Crippen molar-refractivity contribution in [2.75, 3.05) is 0 Å². The van der Waals surface area contributed by atoms with Crippen LogP contribution in [0.5, 0.6) is 0 Å². The maximum absolute atomic E-state index is 2.38. The first-order valence-electron chi connectivity index (χ1n) is 5.88. The maximum Gasteiger partial charge on any atom is -0.0352 e. The lowest BCUT2D eigenvalue weighted by Crippen LogP contribution is -2.15. The van der Waals surface area contributed by atoms with Crippen LogP contribution < -0.4 is 0 Å². The largest absolute Gasteiger partial charge is 0.0651 e. The van der Waals surface area contributed by atoms with Crippen molar-refractivity contribution >= 4 is 0 Å². The van der Waals surface area contributed by atoms with Gasteiger partial charge in [-0.1, -0.05) is 13.3 Å². The van der Waals surface area contributed by atoms with Crippen molar-refractivity contribution in [2.24, 2.45) is 29.6 Å². The number of rotatable bonds is 1. The lowest BCUT2D eigenvalue weighted by atomic mass is 9.82. The molecule has 0 spiro atoms. The molecule has 0 heterocycles. The predicted octanol–water partition coefficient (Wildman–Crippen LogP) is 3.47. The van der Waals surface area contributed by atoms with E-state index >= 15 is 0 Å². The van der Waals surface area contributed by atoms with Crippen LogP contribution in [-0.2, 0) is 0 Å². The van der Waals surface area contributed by atoms with E-state index in [1.54, 1.807) is 32.1 Å². The lowest BCUT2D eigenvalue weighted by Gasteiger charge is -2.23. The first kappa shape index (κ1) is 7.41. The van der Waals surface area contributed by atoms with Crippen molar-refractivity contribution in [3.8, 4) is 0 Å². The molecule has 3 saturated carbocycles. The van der Waals surface area contributed by atoms with E-state index in [9.17, 15) is 0 Å². The Bertz CT molecular complexity index is 166. The van der Waals surface area contributed by atoms with Crippen molar-refractivity contribution in [3.63, 3.8) is 0 Å². The highest BCUT2D eigenvalue weighted by Gasteiger charge is 2.51. The van der Waals surface area contributed by atoms with Crippen LogP contribution in [0, 0.1) is 29.6 Å². The minimum absolute atomic E-state index is 1.11. The molecule has 3 aliphatic rings. The second-order valence-electron chi connectivity index (χ2n) is 5.41. The van der Waals surface area contributed by atoms with Gasteiger partial charge in [-0.25, -0.2) is 0 Å². The van der Waals surface area contributed by atoms with Crippen LogP contribution >= 0.6 is 0 Å². The van der Waals surface area contributed by atoms with Gasteiger partial charge in [-0.3, -0.25) is 0 Å². The maximum atomic E-state index is 2.38. The molecule has 3 rings (SSSR count). The van der Waals surface area contributed by atoms with E-state index in [1.165, 1.54) is 30.1 Å². The lowest BCUT2D eigenvalue weighted by molar-refractivity contribution is 0.259. The molecule has 0 radical (unpaired) electrons. The second-order valence-corrected chi connectivity index (χ2v) is 5.41. The highest BCUT2D eigenvalue weighted by atomic mass is 14.6. The molecule has 0 amide bonds. The molecule has 12 heavy (non-hydrogen) atoms. The number of fused-ring (bicyclic) bond motifs is 5. The minimum Gasteiger partial charge on any atom is -0.0651 e. The number of hydrogen-bond donors (Lipinski definition) is 0. The zero-order valence-corrected chi connectivity index (χ0v) is 8.13. The van der Waals surface area contributed by atoms with Gasteiger partial charge in [0.05, 0.1) is 0 Å². The van der Waals surface area contributed by atoms with Crippen molar-refractivity contribution < 1.29 is 0 Å². The molecule has 2 bridgehead atoms. The molecular formula is C12H20. The van der Waals surface area contributed by atoms with Gasteiger partial charge >= 0.3 is 0 Å². The summed E-state index contributed by atoms with van der Waals surface area (Å²) in [6, 6.07) is 0. The van der Waals surface area contributed by atoms with Crippen LogP contribution in [0.4, 0.5) is 0 Å². The van der Waals surface area contributed by atoms with Gasteiger partial charge in [-0.15, -0.1) is 0 Å². The quantitative estimate of drug-likeness (QED) is 0.556. The van der Waals surface area contributed by atoms with Crippen molar-refractivity contribution in [2.45, 2.75) is 45.4 Å². The van der Waals surface area contributed by atoms with E-state index in [4.69, 9.17) is 0 Å². The molecule has 68 valence electrons. The molecule has 0 aromatic heterocycles. The van der Waals surface area contributed by atoms with Crippen molar-refractivity contribution in [1.82, 2.24) is 0 Å². The molecule has 0 aromatic carbocycles. The van der Waals surface area contributed by atoms with Gasteiger partial charge in [0.25, 0.3) is 0 Å². The van der Waals surface area contributed by atoms with Crippen molar-refractivity contribution in [3.05, 3.63) is 0 Å². The van der Waals surface area contributed by atoms with Gasteiger partial charge in [0.15, 0.2) is 0 Å². The first-order valence-corrected chi connectivity index (χ1v) is 5.88. The average molecular weight is 164 g/mol. The zero-order chi connectivity index (χ0) is 8.13. The van der Waals surface area contributed by atoms with Gasteiger partial charge in [0, 0.05) is 0 Å². The Labute approximate surface area is 75.7 Å². The third kappa shape index (κ3) is 0.843. The van der Waals surface area contributed by atoms with Crippen molar-refractivity contribution in [1.29, 1.82) is 0 Å². The Balaban J connectivity index is 1.78. The summed E-state index contributed by atoms with van der Waals surface area (Å²) in [6.45, 7) is 2.38. The molecule has 0 N–H and O–H groups in total. The molecule has 0 nitrogen and oxygen atoms in total. The highest BCUT2D eigenvalue weighted by molar-refractivity contribution is 5.00. The fourth-order valence-corrected chi connectivity index (χ4v) is 4.46. The minimum atomic E-state index is 1.11. The van der Waals surface area contributed by atoms with E-state index in [1.807, 2.05) is 0 Å². The van der Waals surface area contributed by atoms with Crippen LogP contribution in [0.3, 0.4) is 0 Å². The topological polar surface area (TPSA) is 0 Å². The third-order valence-corrected chi connectivity index (χ3v) is 5.06. The summed E-state index contributed by atoms with van der Waals surface area (Å²) < 4.78 is 0. The van der Waals surface area contributed by atoms with Crippen LogP contribution in [-0.4, -0.2) is 0 Å². The Hall–Kier alpha value is 0. The van der Waals surface area contributed by atoms with Crippen LogP contribution in [0.1, 0.15) is 45.4 Å².